The Bertz CT molecular complexity index is 1020. The number of pyridine rings is 1. The smallest absolute Gasteiger partial charge is 0.255 e. The van der Waals surface area contributed by atoms with E-state index in [0.29, 0.717) is 23.7 Å². The zero-order valence-corrected chi connectivity index (χ0v) is 13.9. The molecule has 0 saturated heterocycles. The van der Waals surface area contributed by atoms with Crippen LogP contribution in [-0.4, -0.2) is 26.9 Å². The molecule has 1 aromatic carbocycles. The number of para-hydroxylation sites is 1. The van der Waals surface area contributed by atoms with Crippen LogP contribution in [0, 0.1) is 0 Å². The minimum Gasteiger partial charge on any atom is -0.357 e. The lowest BCUT2D eigenvalue weighted by atomic mass is 10.0. The molecule has 0 atom stereocenters. The van der Waals surface area contributed by atoms with Gasteiger partial charge in [0, 0.05) is 55.5 Å². The number of amides is 1. The number of aromatic amines is 1. The van der Waals surface area contributed by atoms with E-state index >= 15 is 0 Å². The van der Waals surface area contributed by atoms with Gasteiger partial charge in [-0.15, -0.1) is 0 Å². The second-order valence-electron chi connectivity index (χ2n) is 6.09. The Labute approximate surface area is 143 Å². The van der Waals surface area contributed by atoms with Crippen LogP contribution in [0.2, 0.25) is 5.02 Å². The van der Waals surface area contributed by atoms with Crippen molar-refractivity contribution >= 4 is 28.4 Å². The number of hydrogen-bond donors (Lipinski definition) is 1. The molecule has 5 nitrogen and oxygen atoms in total. The number of nitrogens with one attached hydrogen (secondary N) is 1. The number of halogens is 1. The summed E-state index contributed by atoms with van der Waals surface area (Å²) in [5.41, 5.74) is 3.59. The number of fused-ring (bicyclic) bond motifs is 3. The van der Waals surface area contributed by atoms with Crippen molar-refractivity contribution < 1.29 is 4.79 Å². The topological polar surface area (TPSA) is 58.1 Å². The monoisotopic (exact) mass is 341 g/mol. The Morgan fingerprint density at radius 3 is 2.88 bits per heavy atom. The maximum absolute atomic E-state index is 12.8. The lowest BCUT2D eigenvalue weighted by Gasteiger charge is -2.27. The summed E-state index contributed by atoms with van der Waals surface area (Å²) < 4.78 is 1.42. The molecule has 6 heteroatoms. The van der Waals surface area contributed by atoms with Crippen LogP contribution in [0.3, 0.4) is 0 Å². The molecule has 0 unspecified atom stereocenters. The van der Waals surface area contributed by atoms with Crippen molar-refractivity contribution in [3.63, 3.8) is 0 Å². The summed E-state index contributed by atoms with van der Waals surface area (Å²) in [5, 5.41) is 1.76. The summed E-state index contributed by atoms with van der Waals surface area (Å²) in [6.45, 7) is 1.18. The third kappa shape index (κ3) is 2.32. The summed E-state index contributed by atoms with van der Waals surface area (Å²) in [5.74, 6) is -0.0624. The summed E-state index contributed by atoms with van der Waals surface area (Å²) in [4.78, 5) is 29.5. The number of rotatable bonds is 1. The lowest BCUT2D eigenvalue weighted by Crippen LogP contribution is -2.36. The molecule has 24 heavy (non-hydrogen) atoms. The fourth-order valence-electron chi connectivity index (χ4n) is 3.28. The molecule has 0 aliphatic carbocycles. The van der Waals surface area contributed by atoms with Crippen LogP contribution in [0.1, 0.15) is 21.6 Å². The average Bonchev–Trinajstić information content (AvgIpc) is 2.96. The van der Waals surface area contributed by atoms with Gasteiger partial charge in [-0.05, 0) is 12.1 Å². The molecule has 2 aromatic heterocycles. The van der Waals surface area contributed by atoms with E-state index in [9.17, 15) is 9.59 Å². The first-order valence-electron chi connectivity index (χ1n) is 7.78. The third-order valence-corrected chi connectivity index (χ3v) is 4.89. The van der Waals surface area contributed by atoms with E-state index < -0.39 is 0 Å². The second kappa shape index (κ2) is 5.53. The number of aromatic nitrogens is 2. The molecule has 1 N–H and O–H groups in total. The first-order valence-corrected chi connectivity index (χ1v) is 8.16. The normalized spacial score (nSPS) is 14.0. The van der Waals surface area contributed by atoms with E-state index in [-0.39, 0.29) is 11.5 Å². The van der Waals surface area contributed by atoms with Crippen molar-refractivity contribution in [1.29, 1.82) is 0 Å². The van der Waals surface area contributed by atoms with Crippen LogP contribution in [0.4, 0.5) is 0 Å². The standard InChI is InChI=1S/C18H16ClN3O2/c1-21-9-11(5-6-16(21)23)18(24)22-8-7-15-13(10-22)12-3-2-4-14(19)17(12)20-15/h2-6,9,20H,7-8,10H2,1H3. The van der Waals surface area contributed by atoms with Crippen LogP contribution in [0.25, 0.3) is 10.9 Å². The molecule has 0 radical (unpaired) electrons. The van der Waals surface area contributed by atoms with E-state index in [4.69, 9.17) is 11.6 Å². The zero-order valence-electron chi connectivity index (χ0n) is 13.2. The first kappa shape index (κ1) is 15.0. The van der Waals surface area contributed by atoms with Gasteiger partial charge in [0.25, 0.3) is 5.91 Å². The maximum Gasteiger partial charge on any atom is 0.255 e. The van der Waals surface area contributed by atoms with Crippen molar-refractivity contribution in [2.24, 2.45) is 7.05 Å². The molecule has 3 aromatic rings. The molecule has 0 bridgehead atoms. The molecular formula is C18H16ClN3O2. The van der Waals surface area contributed by atoms with E-state index in [1.165, 1.54) is 10.6 Å². The molecular weight excluding hydrogens is 326 g/mol. The van der Waals surface area contributed by atoms with E-state index in [2.05, 4.69) is 4.98 Å². The SMILES string of the molecule is Cn1cc(C(=O)N2CCc3[nH]c4c(Cl)cccc4c3C2)ccc1=O. The number of aryl methyl sites for hydroxylation is 1. The molecule has 1 amide bonds. The highest BCUT2D eigenvalue weighted by atomic mass is 35.5. The Hall–Kier alpha value is -2.53. The third-order valence-electron chi connectivity index (χ3n) is 4.58. The van der Waals surface area contributed by atoms with Crippen molar-refractivity contribution in [2.45, 2.75) is 13.0 Å². The maximum atomic E-state index is 12.8. The van der Waals surface area contributed by atoms with Gasteiger partial charge < -0.3 is 14.5 Å². The number of carbonyl (C=O) groups excluding carboxylic acids is 1. The molecule has 0 fully saturated rings. The minimum atomic E-state index is -0.126. The van der Waals surface area contributed by atoms with Crippen LogP contribution >= 0.6 is 11.6 Å². The summed E-state index contributed by atoms with van der Waals surface area (Å²) >= 11 is 6.26. The number of H-pyrrole nitrogens is 1. The second-order valence-corrected chi connectivity index (χ2v) is 6.50. The fourth-order valence-corrected chi connectivity index (χ4v) is 3.50. The predicted octanol–water partition coefficient (Wildman–Crippen LogP) is 2.72. The number of nitrogens with zero attached hydrogens (tertiary/aromatic N) is 2. The highest BCUT2D eigenvalue weighted by molar-refractivity contribution is 6.35. The van der Waals surface area contributed by atoms with Crippen molar-refractivity contribution in [1.82, 2.24) is 14.5 Å². The van der Waals surface area contributed by atoms with E-state index in [1.807, 2.05) is 23.1 Å². The molecule has 122 valence electrons. The number of carbonyl (C=O) groups is 1. The van der Waals surface area contributed by atoms with Gasteiger partial charge in [-0.2, -0.15) is 0 Å². The van der Waals surface area contributed by atoms with Crippen LogP contribution in [0.15, 0.2) is 41.3 Å². The van der Waals surface area contributed by atoms with Gasteiger partial charge in [0.2, 0.25) is 5.56 Å². The van der Waals surface area contributed by atoms with Gasteiger partial charge >= 0.3 is 0 Å². The van der Waals surface area contributed by atoms with E-state index in [1.54, 1.807) is 19.3 Å². The minimum absolute atomic E-state index is 0.0624. The Balaban J connectivity index is 1.69. The van der Waals surface area contributed by atoms with Crippen molar-refractivity contribution in [3.8, 4) is 0 Å². The Kier molecular flexibility index (Phi) is 3.46. The van der Waals surface area contributed by atoms with Gasteiger partial charge in [-0.1, -0.05) is 23.7 Å². The van der Waals surface area contributed by atoms with Gasteiger partial charge in [0.05, 0.1) is 16.1 Å². The largest absolute Gasteiger partial charge is 0.357 e. The van der Waals surface area contributed by atoms with Crippen molar-refractivity contribution in [3.05, 3.63) is 68.7 Å². The fraction of sp³-hybridized carbons (Fsp3) is 0.222. The Morgan fingerprint density at radius 2 is 2.08 bits per heavy atom. The first-order chi connectivity index (χ1) is 11.5. The Morgan fingerprint density at radius 1 is 1.25 bits per heavy atom. The molecule has 0 spiro atoms. The average molecular weight is 342 g/mol. The molecule has 3 heterocycles. The van der Waals surface area contributed by atoms with Crippen LogP contribution in [0.5, 0.6) is 0 Å². The van der Waals surface area contributed by atoms with Gasteiger partial charge in [-0.25, -0.2) is 0 Å². The molecule has 0 saturated carbocycles. The molecule has 1 aliphatic heterocycles. The van der Waals surface area contributed by atoms with Gasteiger partial charge in [0.15, 0.2) is 0 Å². The van der Waals surface area contributed by atoms with Crippen molar-refractivity contribution in [2.75, 3.05) is 6.54 Å². The summed E-state index contributed by atoms with van der Waals surface area (Å²) in [6.07, 6.45) is 2.35. The highest BCUT2D eigenvalue weighted by Gasteiger charge is 2.25. The van der Waals surface area contributed by atoms with Crippen LogP contribution < -0.4 is 5.56 Å². The highest BCUT2D eigenvalue weighted by Crippen LogP contribution is 2.31. The summed E-state index contributed by atoms with van der Waals surface area (Å²) in [7, 11) is 1.65. The number of benzene rings is 1. The lowest BCUT2D eigenvalue weighted by molar-refractivity contribution is 0.0734. The van der Waals surface area contributed by atoms with Gasteiger partial charge in [-0.3, -0.25) is 9.59 Å². The molecule has 4 rings (SSSR count). The predicted molar refractivity (Wildman–Crippen MR) is 93.4 cm³/mol. The zero-order chi connectivity index (χ0) is 16.8. The quantitative estimate of drug-likeness (QED) is 0.740. The van der Waals surface area contributed by atoms with E-state index in [0.717, 1.165) is 28.6 Å². The molecule has 1 aliphatic rings. The van der Waals surface area contributed by atoms with Crippen LogP contribution in [-0.2, 0) is 20.0 Å². The summed E-state index contributed by atoms with van der Waals surface area (Å²) in [6, 6.07) is 8.82. The van der Waals surface area contributed by atoms with Gasteiger partial charge in [0.1, 0.15) is 0 Å². The number of hydrogen-bond acceptors (Lipinski definition) is 2.